The monoisotopic (exact) mass is 221 g/mol. The second-order valence-electron chi connectivity index (χ2n) is 4.09. The van der Waals surface area contributed by atoms with Gasteiger partial charge < -0.3 is 15.3 Å². The first-order valence-corrected chi connectivity index (χ1v) is 5.30. The van der Waals surface area contributed by atoms with Crippen molar-refractivity contribution in [2.45, 2.75) is 12.5 Å². The Balaban J connectivity index is 2.01. The fourth-order valence-electron chi connectivity index (χ4n) is 1.88. The van der Waals surface area contributed by atoms with Crippen LogP contribution in [0.5, 0.6) is 5.75 Å². The Morgan fingerprint density at radius 1 is 1.69 bits per heavy atom. The van der Waals surface area contributed by atoms with Crippen molar-refractivity contribution in [2.24, 2.45) is 0 Å². The molecule has 5 heteroatoms. The quantitative estimate of drug-likeness (QED) is 0.750. The van der Waals surface area contributed by atoms with Crippen molar-refractivity contribution < 1.29 is 9.90 Å². The van der Waals surface area contributed by atoms with Crippen LogP contribution in [-0.2, 0) is 0 Å². The van der Waals surface area contributed by atoms with E-state index >= 15 is 0 Å². The highest BCUT2D eigenvalue weighted by Crippen LogP contribution is 2.13. The third kappa shape index (κ3) is 2.30. The van der Waals surface area contributed by atoms with E-state index in [2.05, 4.69) is 15.2 Å². The summed E-state index contributed by atoms with van der Waals surface area (Å²) in [5.41, 5.74) is 0.0945. The van der Waals surface area contributed by atoms with Crippen LogP contribution in [0, 0.1) is 0 Å². The summed E-state index contributed by atoms with van der Waals surface area (Å²) in [5.74, 6) is -0.384. The number of aromatic nitrogens is 1. The molecular weight excluding hydrogens is 206 g/mol. The second-order valence-corrected chi connectivity index (χ2v) is 4.09. The third-order valence-corrected chi connectivity index (χ3v) is 2.73. The molecule has 86 valence electrons. The van der Waals surface area contributed by atoms with E-state index in [0.717, 1.165) is 19.5 Å². The molecule has 0 spiro atoms. The lowest BCUT2D eigenvalue weighted by atomic mass is 10.2. The number of hydrogen-bond donors (Lipinski definition) is 2. The number of hydrogen-bond acceptors (Lipinski definition) is 4. The molecule has 2 rings (SSSR count). The van der Waals surface area contributed by atoms with Crippen molar-refractivity contribution >= 4 is 5.91 Å². The highest BCUT2D eigenvalue weighted by atomic mass is 16.3. The summed E-state index contributed by atoms with van der Waals surface area (Å²) in [4.78, 5) is 17.8. The number of nitrogens with one attached hydrogen (secondary N) is 1. The van der Waals surface area contributed by atoms with Gasteiger partial charge in [-0.05, 0) is 32.1 Å². The lowest BCUT2D eigenvalue weighted by Crippen LogP contribution is -2.36. The minimum absolute atomic E-state index is 0.0775. The number of likely N-dealkylation sites (N-methyl/N-ethyl adjacent to an activating group) is 1. The Hall–Kier alpha value is -1.62. The minimum atomic E-state index is -0.307. The Morgan fingerprint density at radius 3 is 3.12 bits per heavy atom. The van der Waals surface area contributed by atoms with Crippen molar-refractivity contribution in [3.8, 4) is 5.75 Å². The molecule has 1 atom stereocenters. The molecule has 1 aromatic heterocycles. The molecule has 0 aromatic carbocycles. The highest BCUT2D eigenvalue weighted by Gasteiger charge is 2.22. The zero-order chi connectivity index (χ0) is 11.5. The lowest BCUT2D eigenvalue weighted by molar-refractivity contribution is 0.0930. The highest BCUT2D eigenvalue weighted by molar-refractivity contribution is 5.94. The van der Waals surface area contributed by atoms with Crippen LogP contribution >= 0.6 is 0 Å². The molecule has 1 amide bonds. The van der Waals surface area contributed by atoms with Gasteiger partial charge in [0, 0.05) is 18.8 Å². The fourth-order valence-corrected chi connectivity index (χ4v) is 1.88. The molecule has 16 heavy (non-hydrogen) atoms. The number of likely N-dealkylation sites (tertiary alicyclic amines) is 1. The summed E-state index contributed by atoms with van der Waals surface area (Å²) >= 11 is 0. The summed E-state index contributed by atoms with van der Waals surface area (Å²) in [6.07, 6.45) is 2.44. The van der Waals surface area contributed by atoms with Crippen LogP contribution in [0.15, 0.2) is 18.3 Å². The summed E-state index contributed by atoms with van der Waals surface area (Å²) in [7, 11) is 2.02. The van der Waals surface area contributed by atoms with Gasteiger partial charge in [-0.1, -0.05) is 0 Å². The standard InChI is InChI=1S/C11H15N3O2/c1-14-6-4-8(7-14)13-11(16)10-9(15)3-2-5-12-10/h2-3,5,8,15H,4,6-7H2,1H3,(H,13,16). The molecule has 0 aliphatic carbocycles. The van der Waals surface area contributed by atoms with E-state index in [0.29, 0.717) is 0 Å². The first-order chi connectivity index (χ1) is 7.66. The first kappa shape index (κ1) is 10.9. The van der Waals surface area contributed by atoms with E-state index in [-0.39, 0.29) is 23.4 Å². The van der Waals surface area contributed by atoms with Gasteiger partial charge in [-0.3, -0.25) is 4.79 Å². The van der Waals surface area contributed by atoms with Crippen LogP contribution in [0.4, 0.5) is 0 Å². The van der Waals surface area contributed by atoms with Crippen LogP contribution in [0.1, 0.15) is 16.9 Å². The topological polar surface area (TPSA) is 65.5 Å². The molecule has 2 heterocycles. The average Bonchev–Trinajstić information content (AvgIpc) is 2.64. The van der Waals surface area contributed by atoms with Gasteiger partial charge in [0.15, 0.2) is 5.69 Å². The van der Waals surface area contributed by atoms with Gasteiger partial charge in [-0.25, -0.2) is 4.98 Å². The number of rotatable bonds is 2. The van der Waals surface area contributed by atoms with Gasteiger partial charge in [-0.15, -0.1) is 0 Å². The molecule has 2 N–H and O–H groups in total. The Kier molecular flexibility index (Phi) is 3.05. The summed E-state index contributed by atoms with van der Waals surface area (Å²) in [5, 5.41) is 12.3. The van der Waals surface area contributed by atoms with Crippen LogP contribution < -0.4 is 5.32 Å². The SMILES string of the molecule is CN1CCC(NC(=O)c2ncccc2O)C1. The van der Waals surface area contributed by atoms with Gasteiger partial charge in [0.05, 0.1) is 0 Å². The third-order valence-electron chi connectivity index (χ3n) is 2.73. The van der Waals surface area contributed by atoms with E-state index in [1.165, 1.54) is 12.3 Å². The van der Waals surface area contributed by atoms with Crippen LogP contribution in [0.3, 0.4) is 0 Å². The smallest absolute Gasteiger partial charge is 0.273 e. The van der Waals surface area contributed by atoms with E-state index in [1.54, 1.807) is 6.07 Å². The van der Waals surface area contributed by atoms with Crippen LogP contribution in [0.2, 0.25) is 0 Å². The van der Waals surface area contributed by atoms with Gasteiger partial charge in [-0.2, -0.15) is 0 Å². The zero-order valence-electron chi connectivity index (χ0n) is 9.18. The van der Waals surface area contributed by atoms with E-state index in [4.69, 9.17) is 0 Å². The Labute approximate surface area is 94.1 Å². The van der Waals surface area contributed by atoms with E-state index in [1.807, 2.05) is 7.05 Å². The van der Waals surface area contributed by atoms with Gasteiger partial charge in [0.2, 0.25) is 0 Å². The lowest BCUT2D eigenvalue weighted by Gasteiger charge is -2.12. The van der Waals surface area contributed by atoms with Crippen molar-refractivity contribution in [3.05, 3.63) is 24.0 Å². The van der Waals surface area contributed by atoms with Crippen molar-refractivity contribution in [3.63, 3.8) is 0 Å². The van der Waals surface area contributed by atoms with Crippen LogP contribution in [-0.4, -0.2) is 47.1 Å². The maximum atomic E-state index is 11.8. The minimum Gasteiger partial charge on any atom is -0.505 e. The predicted octanol–water partition coefficient (Wildman–Crippen LogP) is 0.221. The predicted molar refractivity (Wildman–Crippen MR) is 59.3 cm³/mol. The first-order valence-electron chi connectivity index (χ1n) is 5.30. The molecule has 0 radical (unpaired) electrons. The molecule has 5 nitrogen and oxygen atoms in total. The van der Waals surface area contributed by atoms with Crippen molar-refractivity contribution in [1.82, 2.24) is 15.2 Å². The van der Waals surface area contributed by atoms with E-state index in [9.17, 15) is 9.90 Å². The normalized spacial score (nSPS) is 20.9. The summed E-state index contributed by atoms with van der Waals surface area (Å²) < 4.78 is 0. The number of carbonyl (C=O) groups is 1. The average molecular weight is 221 g/mol. The number of nitrogens with zero attached hydrogens (tertiary/aromatic N) is 2. The molecule has 1 fully saturated rings. The maximum Gasteiger partial charge on any atom is 0.273 e. The van der Waals surface area contributed by atoms with E-state index < -0.39 is 0 Å². The van der Waals surface area contributed by atoms with Gasteiger partial charge in [0.25, 0.3) is 5.91 Å². The molecule has 1 unspecified atom stereocenters. The Morgan fingerprint density at radius 2 is 2.50 bits per heavy atom. The number of carbonyl (C=O) groups excluding carboxylic acids is 1. The number of amides is 1. The largest absolute Gasteiger partial charge is 0.505 e. The molecule has 0 saturated carbocycles. The number of pyridine rings is 1. The maximum absolute atomic E-state index is 11.8. The summed E-state index contributed by atoms with van der Waals surface area (Å²) in [6, 6.07) is 3.21. The molecule has 1 aliphatic rings. The summed E-state index contributed by atoms with van der Waals surface area (Å²) in [6.45, 7) is 1.83. The number of aromatic hydroxyl groups is 1. The van der Waals surface area contributed by atoms with Crippen molar-refractivity contribution in [1.29, 1.82) is 0 Å². The van der Waals surface area contributed by atoms with Crippen molar-refractivity contribution in [2.75, 3.05) is 20.1 Å². The van der Waals surface area contributed by atoms with Crippen LogP contribution in [0.25, 0.3) is 0 Å². The molecule has 1 aromatic rings. The Bertz CT molecular complexity index is 395. The molecule has 1 saturated heterocycles. The molecule has 1 aliphatic heterocycles. The van der Waals surface area contributed by atoms with Gasteiger partial charge >= 0.3 is 0 Å². The molecular formula is C11H15N3O2. The fraction of sp³-hybridized carbons (Fsp3) is 0.455. The second kappa shape index (κ2) is 4.49. The van der Waals surface area contributed by atoms with Gasteiger partial charge in [0.1, 0.15) is 5.75 Å². The molecule has 0 bridgehead atoms. The zero-order valence-corrected chi connectivity index (χ0v) is 9.18.